The van der Waals surface area contributed by atoms with Crippen LogP contribution in [0.1, 0.15) is 18.1 Å². The summed E-state index contributed by atoms with van der Waals surface area (Å²) in [6.07, 6.45) is 3.36. The molecule has 0 atom stereocenters. The number of nitrogens with zero attached hydrogens (tertiary/aromatic N) is 2. The Bertz CT molecular complexity index is 1590. The highest BCUT2D eigenvalue weighted by molar-refractivity contribution is 6.42. The zero-order chi connectivity index (χ0) is 26.1. The van der Waals surface area contributed by atoms with Gasteiger partial charge < -0.3 is 9.30 Å². The van der Waals surface area contributed by atoms with E-state index in [1.807, 2.05) is 41.1 Å². The maximum atomic E-state index is 13.5. The molecule has 1 N–H and O–H groups in total. The van der Waals surface area contributed by atoms with Crippen molar-refractivity contribution >= 4 is 63.7 Å². The van der Waals surface area contributed by atoms with Gasteiger partial charge in [-0.3, -0.25) is 14.9 Å². The monoisotopic (exact) mass is 533 g/mol. The number of ether oxygens (including phenoxy) is 1. The number of hydrogen-bond acceptors (Lipinski definition) is 4. The summed E-state index contributed by atoms with van der Waals surface area (Å²) in [4.78, 5) is 39.9. The number of aromatic nitrogens is 1. The topological polar surface area (TPSA) is 80.6 Å². The maximum Gasteiger partial charge on any atom is 0.336 e. The second-order valence-corrected chi connectivity index (χ2v) is 9.15. The van der Waals surface area contributed by atoms with Gasteiger partial charge in [-0.25, -0.2) is 9.69 Å². The van der Waals surface area contributed by atoms with Crippen molar-refractivity contribution in [2.24, 2.45) is 0 Å². The van der Waals surface area contributed by atoms with Gasteiger partial charge in [-0.15, -0.1) is 0 Å². The van der Waals surface area contributed by atoms with E-state index in [1.54, 1.807) is 43.3 Å². The first-order valence-corrected chi connectivity index (χ1v) is 12.3. The van der Waals surface area contributed by atoms with Crippen LogP contribution in [0.15, 0.2) is 78.5 Å². The lowest BCUT2D eigenvalue weighted by Crippen LogP contribution is -2.54. The Kier molecular flexibility index (Phi) is 6.74. The summed E-state index contributed by atoms with van der Waals surface area (Å²) in [5.74, 6) is -1.14. The van der Waals surface area contributed by atoms with Crippen LogP contribution in [0, 0.1) is 0 Å². The lowest BCUT2D eigenvalue weighted by molar-refractivity contribution is -0.122. The number of halogens is 2. The first-order valence-electron chi connectivity index (χ1n) is 11.5. The normalized spacial score (nSPS) is 14.9. The molecular formula is C28H21Cl2N3O4. The van der Waals surface area contributed by atoms with Crippen molar-refractivity contribution in [3.63, 3.8) is 0 Å². The van der Waals surface area contributed by atoms with Crippen molar-refractivity contribution < 1.29 is 19.1 Å². The number of amides is 4. The summed E-state index contributed by atoms with van der Waals surface area (Å²) in [7, 11) is 0. The van der Waals surface area contributed by atoms with Gasteiger partial charge in [0.25, 0.3) is 11.8 Å². The Morgan fingerprint density at radius 2 is 1.70 bits per heavy atom. The van der Waals surface area contributed by atoms with Gasteiger partial charge >= 0.3 is 6.03 Å². The Morgan fingerprint density at radius 1 is 0.946 bits per heavy atom. The van der Waals surface area contributed by atoms with Gasteiger partial charge in [-0.2, -0.15) is 0 Å². The van der Waals surface area contributed by atoms with Crippen molar-refractivity contribution in [1.82, 2.24) is 9.88 Å². The molecule has 1 aliphatic rings. The van der Waals surface area contributed by atoms with Crippen molar-refractivity contribution in [3.05, 3.63) is 99.7 Å². The fourth-order valence-corrected chi connectivity index (χ4v) is 4.63. The summed E-state index contributed by atoms with van der Waals surface area (Å²) < 4.78 is 7.60. The quantitative estimate of drug-likeness (QED) is 0.241. The van der Waals surface area contributed by atoms with Gasteiger partial charge in [0.15, 0.2) is 0 Å². The van der Waals surface area contributed by atoms with Crippen LogP contribution in [-0.2, 0) is 16.1 Å². The number of para-hydroxylation sites is 3. The van der Waals surface area contributed by atoms with Gasteiger partial charge in [0, 0.05) is 29.2 Å². The van der Waals surface area contributed by atoms with Gasteiger partial charge in [0.1, 0.15) is 11.3 Å². The summed E-state index contributed by atoms with van der Waals surface area (Å²) in [5, 5.41) is 4.05. The number of nitrogens with one attached hydrogen (secondary N) is 1. The van der Waals surface area contributed by atoms with Crippen LogP contribution in [0.2, 0.25) is 10.0 Å². The molecule has 4 amide bonds. The molecule has 186 valence electrons. The van der Waals surface area contributed by atoms with Crippen LogP contribution < -0.4 is 15.0 Å². The lowest BCUT2D eigenvalue weighted by Gasteiger charge is -2.27. The number of carbonyl (C=O) groups is 3. The fourth-order valence-electron chi connectivity index (χ4n) is 4.31. The van der Waals surface area contributed by atoms with E-state index in [1.165, 1.54) is 6.08 Å². The van der Waals surface area contributed by atoms with Crippen LogP contribution in [0.3, 0.4) is 0 Å². The number of hydrogen-bond donors (Lipinski definition) is 1. The van der Waals surface area contributed by atoms with Gasteiger partial charge in [-0.05, 0) is 48.9 Å². The highest BCUT2D eigenvalue weighted by Crippen LogP contribution is 2.32. The van der Waals surface area contributed by atoms with Crippen LogP contribution in [-0.4, -0.2) is 29.0 Å². The summed E-state index contributed by atoms with van der Waals surface area (Å²) in [6.45, 7) is 2.64. The molecule has 1 saturated heterocycles. The average molecular weight is 534 g/mol. The maximum absolute atomic E-state index is 13.5. The average Bonchev–Trinajstić information content (AvgIpc) is 3.22. The number of rotatable bonds is 6. The highest BCUT2D eigenvalue weighted by Gasteiger charge is 2.38. The zero-order valence-electron chi connectivity index (χ0n) is 19.7. The van der Waals surface area contributed by atoms with Crippen molar-refractivity contribution in [2.45, 2.75) is 13.5 Å². The standard InChI is InChI=1S/C28H21Cl2N3O4/c1-2-37-25-10-6-5-9-24(25)33-27(35)20(26(34)31-28(33)36)14-18-16-32(23-8-4-3-7-19(18)23)15-17-11-12-21(29)22(30)13-17/h3-14,16H,2,15H2,1H3,(H,31,34,36)/b20-14+. The van der Waals surface area contributed by atoms with E-state index in [9.17, 15) is 14.4 Å². The third-order valence-corrected chi connectivity index (χ3v) is 6.70. The molecule has 7 nitrogen and oxygen atoms in total. The van der Waals surface area contributed by atoms with Crippen molar-refractivity contribution in [3.8, 4) is 5.75 Å². The minimum absolute atomic E-state index is 0.164. The minimum atomic E-state index is -0.832. The number of fused-ring (bicyclic) bond motifs is 1. The molecule has 0 spiro atoms. The molecule has 0 aliphatic carbocycles. The smallest absolute Gasteiger partial charge is 0.336 e. The number of imide groups is 2. The Balaban J connectivity index is 1.56. The number of carbonyl (C=O) groups excluding carboxylic acids is 3. The first kappa shape index (κ1) is 24.6. The summed E-state index contributed by atoms with van der Waals surface area (Å²) in [5.41, 5.74) is 2.58. The molecule has 0 unspecified atom stereocenters. The second-order valence-electron chi connectivity index (χ2n) is 8.34. The number of anilines is 1. The summed E-state index contributed by atoms with van der Waals surface area (Å²) in [6, 6.07) is 18.9. The predicted molar refractivity (Wildman–Crippen MR) is 144 cm³/mol. The molecule has 5 rings (SSSR count). The molecule has 9 heteroatoms. The number of benzene rings is 3. The summed E-state index contributed by atoms with van der Waals surface area (Å²) >= 11 is 12.3. The first-order chi connectivity index (χ1) is 17.9. The highest BCUT2D eigenvalue weighted by atomic mass is 35.5. The molecule has 3 aromatic carbocycles. The van der Waals surface area contributed by atoms with Gasteiger partial charge in [0.05, 0.1) is 22.3 Å². The Morgan fingerprint density at radius 3 is 2.49 bits per heavy atom. The number of barbiturate groups is 1. The molecule has 4 aromatic rings. The Hall–Kier alpha value is -4.07. The third kappa shape index (κ3) is 4.71. The van der Waals surface area contributed by atoms with E-state index in [0.717, 1.165) is 21.4 Å². The Labute approximate surface area is 222 Å². The predicted octanol–water partition coefficient (Wildman–Crippen LogP) is 6.06. The molecule has 0 radical (unpaired) electrons. The zero-order valence-corrected chi connectivity index (χ0v) is 21.2. The van der Waals surface area contributed by atoms with Gasteiger partial charge in [0.2, 0.25) is 0 Å². The SMILES string of the molecule is CCOc1ccccc1N1C(=O)NC(=O)/C(=C\c2cn(Cc3ccc(Cl)c(Cl)c3)c3ccccc23)C1=O. The minimum Gasteiger partial charge on any atom is -0.492 e. The van der Waals surface area contributed by atoms with Crippen molar-refractivity contribution in [2.75, 3.05) is 11.5 Å². The van der Waals surface area contributed by atoms with Crippen LogP contribution in [0.4, 0.5) is 10.5 Å². The van der Waals surface area contributed by atoms with E-state index < -0.39 is 17.8 Å². The molecule has 0 saturated carbocycles. The van der Waals surface area contributed by atoms with Crippen LogP contribution >= 0.6 is 23.2 Å². The lowest BCUT2D eigenvalue weighted by atomic mass is 10.1. The molecular weight excluding hydrogens is 513 g/mol. The van der Waals surface area contributed by atoms with Crippen molar-refractivity contribution in [1.29, 1.82) is 0 Å². The van der Waals surface area contributed by atoms with E-state index in [0.29, 0.717) is 34.5 Å². The molecule has 0 bridgehead atoms. The second kappa shape index (κ2) is 10.1. The van der Waals surface area contributed by atoms with E-state index >= 15 is 0 Å². The molecule has 37 heavy (non-hydrogen) atoms. The van der Waals surface area contributed by atoms with Gasteiger partial charge in [-0.1, -0.05) is 59.6 Å². The van der Waals surface area contributed by atoms with E-state index in [4.69, 9.17) is 27.9 Å². The van der Waals surface area contributed by atoms with Crippen LogP contribution in [0.5, 0.6) is 5.75 Å². The largest absolute Gasteiger partial charge is 0.492 e. The fraction of sp³-hybridized carbons (Fsp3) is 0.107. The molecule has 1 fully saturated rings. The molecule has 1 aromatic heterocycles. The third-order valence-electron chi connectivity index (χ3n) is 5.96. The molecule has 1 aliphatic heterocycles. The molecule has 2 heterocycles. The van der Waals surface area contributed by atoms with E-state index in [-0.39, 0.29) is 11.3 Å². The number of urea groups is 1. The van der Waals surface area contributed by atoms with Crippen LogP contribution in [0.25, 0.3) is 17.0 Å². The van der Waals surface area contributed by atoms with E-state index in [2.05, 4.69) is 5.32 Å².